The summed E-state index contributed by atoms with van der Waals surface area (Å²) < 4.78 is 32.5. The molecule has 35 heavy (non-hydrogen) atoms. The van der Waals surface area contributed by atoms with Crippen molar-refractivity contribution in [2.24, 2.45) is 0 Å². The van der Waals surface area contributed by atoms with Crippen LogP contribution in [0.3, 0.4) is 0 Å². The Morgan fingerprint density at radius 2 is 1.86 bits per heavy atom. The van der Waals surface area contributed by atoms with Crippen LogP contribution in [0.25, 0.3) is 33.6 Å². The quantitative estimate of drug-likeness (QED) is 0.363. The van der Waals surface area contributed by atoms with E-state index in [4.69, 9.17) is 4.42 Å². The van der Waals surface area contributed by atoms with E-state index < -0.39 is 10.8 Å². The van der Waals surface area contributed by atoms with Gasteiger partial charge in [0.1, 0.15) is 24.3 Å². The zero-order chi connectivity index (χ0) is 24.4. The monoisotopic (exact) mass is 488 g/mol. The van der Waals surface area contributed by atoms with Crippen molar-refractivity contribution in [3.63, 3.8) is 0 Å². The standard InChI is InChI=1S/C26H21FN4O3S/c1-35(33)22-7-3-17(4-8-22)18-2-6-21(29-14-18)15-30-25(32)16-31-23-9-5-20(27)12-19(23)13-24(31)26-28-10-11-34-26/h2-14H,15-16H2,1H3,(H,30,32). The SMILES string of the molecule is CS(=O)c1ccc(-c2ccc(CNC(=O)Cn3c(-c4ncco4)cc4cc(F)ccc43)nc2)cc1. The molecule has 0 aliphatic carbocycles. The smallest absolute Gasteiger partial charge is 0.243 e. The van der Waals surface area contributed by atoms with Gasteiger partial charge in [-0.25, -0.2) is 9.37 Å². The first-order chi connectivity index (χ1) is 17.0. The van der Waals surface area contributed by atoms with Gasteiger partial charge in [-0.2, -0.15) is 0 Å². The molecule has 3 heterocycles. The first-order valence-corrected chi connectivity index (χ1v) is 12.4. The van der Waals surface area contributed by atoms with E-state index in [9.17, 15) is 13.4 Å². The Morgan fingerprint density at radius 1 is 1.06 bits per heavy atom. The molecule has 176 valence electrons. The third kappa shape index (κ3) is 4.90. The second-order valence-electron chi connectivity index (χ2n) is 7.95. The van der Waals surface area contributed by atoms with Crippen molar-refractivity contribution in [3.05, 3.63) is 90.8 Å². The topological polar surface area (TPSA) is 90.0 Å². The van der Waals surface area contributed by atoms with E-state index in [1.165, 1.54) is 24.6 Å². The number of benzene rings is 2. The van der Waals surface area contributed by atoms with Gasteiger partial charge in [0.05, 0.1) is 18.4 Å². The molecule has 5 rings (SSSR count). The lowest BCUT2D eigenvalue weighted by Gasteiger charge is -2.10. The molecule has 3 aromatic heterocycles. The van der Waals surface area contributed by atoms with E-state index in [0.29, 0.717) is 28.2 Å². The van der Waals surface area contributed by atoms with Crippen molar-refractivity contribution in [1.29, 1.82) is 0 Å². The highest BCUT2D eigenvalue weighted by Gasteiger charge is 2.17. The average Bonchev–Trinajstić information content (AvgIpc) is 3.51. The van der Waals surface area contributed by atoms with Crippen molar-refractivity contribution < 1.29 is 17.8 Å². The molecule has 0 aliphatic rings. The van der Waals surface area contributed by atoms with Gasteiger partial charge in [0, 0.05) is 44.6 Å². The summed E-state index contributed by atoms with van der Waals surface area (Å²) in [5, 5.41) is 3.54. The molecule has 1 amide bonds. The summed E-state index contributed by atoms with van der Waals surface area (Å²) in [5.74, 6) is -0.234. The van der Waals surface area contributed by atoms with Gasteiger partial charge in [0.2, 0.25) is 11.8 Å². The number of hydrogen-bond acceptors (Lipinski definition) is 5. The van der Waals surface area contributed by atoms with Crippen LogP contribution in [0.4, 0.5) is 4.39 Å². The summed E-state index contributed by atoms with van der Waals surface area (Å²) in [5.41, 5.74) is 3.90. The minimum Gasteiger partial charge on any atom is -0.443 e. The van der Waals surface area contributed by atoms with Gasteiger partial charge in [-0.3, -0.25) is 14.0 Å². The van der Waals surface area contributed by atoms with Crippen LogP contribution in [-0.4, -0.2) is 30.9 Å². The Kier molecular flexibility index (Phi) is 6.24. The Morgan fingerprint density at radius 3 is 2.54 bits per heavy atom. The number of amides is 1. The van der Waals surface area contributed by atoms with Gasteiger partial charge in [-0.05, 0) is 48.0 Å². The van der Waals surface area contributed by atoms with Gasteiger partial charge in [0.25, 0.3) is 0 Å². The molecule has 0 bridgehead atoms. The molecular formula is C26H21FN4O3S. The second kappa shape index (κ2) is 9.63. The highest BCUT2D eigenvalue weighted by molar-refractivity contribution is 7.84. The van der Waals surface area contributed by atoms with Crippen LogP contribution in [-0.2, 0) is 28.7 Å². The summed E-state index contributed by atoms with van der Waals surface area (Å²) >= 11 is 0. The average molecular weight is 489 g/mol. The maximum Gasteiger partial charge on any atom is 0.243 e. The maximum atomic E-state index is 13.7. The van der Waals surface area contributed by atoms with Crippen molar-refractivity contribution in [1.82, 2.24) is 19.9 Å². The third-order valence-corrected chi connectivity index (χ3v) is 6.56. The number of halogens is 1. The minimum atomic E-state index is -1.02. The van der Waals surface area contributed by atoms with Crippen LogP contribution in [0.5, 0.6) is 0 Å². The van der Waals surface area contributed by atoms with E-state index in [-0.39, 0.29) is 24.8 Å². The summed E-state index contributed by atoms with van der Waals surface area (Å²) in [6.07, 6.45) is 6.36. The van der Waals surface area contributed by atoms with Crippen LogP contribution >= 0.6 is 0 Å². The molecule has 9 heteroatoms. The first-order valence-electron chi connectivity index (χ1n) is 10.8. The highest BCUT2D eigenvalue weighted by Crippen LogP contribution is 2.28. The molecule has 1 N–H and O–H groups in total. The molecule has 2 aromatic carbocycles. The predicted octanol–water partition coefficient (Wildman–Crippen LogP) is 4.55. The summed E-state index contributed by atoms with van der Waals surface area (Å²) in [6, 6.07) is 17.4. The maximum absolute atomic E-state index is 13.7. The number of nitrogens with one attached hydrogen (secondary N) is 1. The largest absolute Gasteiger partial charge is 0.443 e. The van der Waals surface area contributed by atoms with Gasteiger partial charge in [-0.15, -0.1) is 0 Å². The highest BCUT2D eigenvalue weighted by atomic mass is 32.2. The fourth-order valence-corrected chi connectivity index (χ4v) is 4.39. The lowest BCUT2D eigenvalue weighted by atomic mass is 10.1. The summed E-state index contributed by atoms with van der Waals surface area (Å²) in [7, 11) is -1.02. The number of oxazole rings is 1. The molecule has 0 spiro atoms. The number of fused-ring (bicyclic) bond motifs is 1. The van der Waals surface area contributed by atoms with Crippen LogP contribution in [0, 0.1) is 5.82 Å². The number of hydrogen-bond donors (Lipinski definition) is 1. The number of pyridine rings is 1. The molecule has 1 atom stereocenters. The summed E-state index contributed by atoms with van der Waals surface area (Å²) in [6.45, 7) is 0.269. The normalized spacial score (nSPS) is 12.1. The molecule has 0 saturated heterocycles. The Labute approximate surface area is 203 Å². The molecule has 0 fully saturated rings. The summed E-state index contributed by atoms with van der Waals surface area (Å²) in [4.78, 5) is 22.2. The second-order valence-corrected chi connectivity index (χ2v) is 9.33. The Bertz CT molecular complexity index is 1510. The van der Waals surface area contributed by atoms with E-state index in [1.54, 1.807) is 29.2 Å². The van der Waals surface area contributed by atoms with Crippen molar-refractivity contribution >= 4 is 27.6 Å². The van der Waals surface area contributed by atoms with E-state index in [1.807, 2.05) is 36.4 Å². The molecule has 0 radical (unpaired) electrons. The molecular weight excluding hydrogens is 467 g/mol. The number of carbonyl (C=O) groups excluding carboxylic acids is 1. The minimum absolute atomic E-state index is 0.01000. The number of carbonyl (C=O) groups is 1. The number of rotatable bonds is 7. The number of aromatic nitrogens is 3. The fraction of sp³-hybridized carbons (Fsp3) is 0.115. The van der Waals surface area contributed by atoms with Crippen molar-refractivity contribution in [2.75, 3.05) is 6.26 Å². The zero-order valence-electron chi connectivity index (χ0n) is 18.8. The number of nitrogens with zero attached hydrogens (tertiary/aromatic N) is 3. The van der Waals surface area contributed by atoms with Crippen LogP contribution in [0.1, 0.15) is 5.69 Å². The zero-order valence-corrected chi connectivity index (χ0v) is 19.6. The van der Waals surface area contributed by atoms with Crippen LogP contribution in [0.2, 0.25) is 0 Å². The fourth-order valence-electron chi connectivity index (χ4n) is 3.87. The van der Waals surface area contributed by atoms with E-state index in [2.05, 4.69) is 15.3 Å². The van der Waals surface area contributed by atoms with E-state index in [0.717, 1.165) is 16.0 Å². The van der Waals surface area contributed by atoms with Gasteiger partial charge >= 0.3 is 0 Å². The molecule has 5 aromatic rings. The Balaban J connectivity index is 1.28. The van der Waals surface area contributed by atoms with Gasteiger partial charge in [-0.1, -0.05) is 18.2 Å². The van der Waals surface area contributed by atoms with E-state index >= 15 is 0 Å². The molecule has 7 nitrogen and oxygen atoms in total. The van der Waals surface area contributed by atoms with Gasteiger partial charge in [0.15, 0.2) is 0 Å². The third-order valence-electron chi connectivity index (χ3n) is 5.63. The first kappa shape index (κ1) is 22.7. The molecule has 0 saturated carbocycles. The Hall–Kier alpha value is -4.11. The van der Waals surface area contributed by atoms with Crippen LogP contribution in [0.15, 0.2) is 88.6 Å². The lowest BCUT2D eigenvalue weighted by molar-refractivity contribution is -0.121. The lowest BCUT2D eigenvalue weighted by Crippen LogP contribution is -2.27. The van der Waals surface area contributed by atoms with Crippen molar-refractivity contribution in [3.8, 4) is 22.7 Å². The van der Waals surface area contributed by atoms with Crippen LogP contribution < -0.4 is 5.32 Å². The predicted molar refractivity (Wildman–Crippen MR) is 131 cm³/mol. The van der Waals surface area contributed by atoms with Gasteiger partial charge < -0.3 is 14.3 Å². The molecule has 1 unspecified atom stereocenters. The van der Waals surface area contributed by atoms with Crippen molar-refractivity contribution in [2.45, 2.75) is 18.0 Å². The molecule has 0 aliphatic heterocycles.